The standard InChI is InChI=1S/C11H16N3O2/c1-12-6-8-13(9-7-12)10-4-2-3-5-11(10)14(15)16/h3-5H,2,6-9H2,1H3. The van der Waals surface area contributed by atoms with Crippen molar-refractivity contribution in [3.05, 3.63) is 40.1 Å². The van der Waals surface area contributed by atoms with Gasteiger partial charge in [0.25, 0.3) is 5.70 Å². The minimum atomic E-state index is -0.292. The molecule has 0 aromatic rings. The first-order valence-corrected chi connectivity index (χ1v) is 5.50. The zero-order valence-electron chi connectivity index (χ0n) is 9.43. The summed E-state index contributed by atoms with van der Waals surface area (Å²) in [6.45, 7) is 3.67. The second-order valence-electron chi connectivity index (χ2n) is 4.16. The van der Waals surface area contributed by atoms with Gasteiger partial charge in [0.05, 0.1) is 4.92 Å². The quantitative estimate of drug-likeness (QED) is 0.514. The monoisotopic (exact) mass is 222 g/mol. The van der Waals surface area contributed by atoms with E-state index in [9.17, 15) is 10.1 Å². The zero-order valence-corrected chi connectivity index (χ0v) is 9.43. The zero-order chi connectivity index (χ0) is 11.5. The number of allylic oxidation sites excluding steroid dienone is 2. The molecular formula is C11H16N3O2. The highest BCUT2D eigenvalue weighted by molar-refractivity contribution is 5.31. The van der Waals surface area contributed by atoms with Crippen LogP contribution in [-0.4, -0.2) is 47.9 Å². The minimum Gasteiger partial charge on any atom is -0.364 e. The van der Waals surface area contributed by atoms with Crippen LogP contribution in [0.3, 0.4) is 0 Å². The Morgan fingerprint density at radius 1 is 1.31 bits per heavy atom. The van der Waals surface area contributed by atoms with Gasteiger partial charge in [-0.3, -0.25) is 10.1 Å². The summed E-state index contributed by atoms with van der Waals surface area (Å²) >= 11 is 0. The molecule has 0 bridgehead atoms. The summed E-state index contributed by atoms with van der Waals surface area (Å²) in [5, 5.41) is 10.9. The summed E-state index contributed by atoms with van der Waals surface area (Å²) in [5.74, 6) is 0. The predicted molar refractivity (Wildman–Crippen MR) is 61.1 cm³/mol. The fraction of sp³-hybridized carbons (Fsp3) is 0.545. The van der Waals surface area contributed by atoms with Gasteiger partial charge in [-0.2, -0.15) is 0 Å². The van der Waals surface area contributed by atoms with E-state index in [2.05, 4.69) is 16.8 Å². The van der Waals surface area contributed by atoms with Crippen molar-refractivity contribution < 1.29 is 4.92 Å². The van der Waals surface area contributed by atoms with E-state index in [1.165, 1.54) is 0 Å². The van der Waals surface area contributed by atoms with Gasteiger partial charge in [0.2, 0.25) is 0 Å². The van der Waals surface area contributed by atoms with E-state index in [4.69, 9.17) is 0 Å². The highest BCUT2D eigenvalue weighted by Gasteiger charge is 2.26. The molecule has 0 N–H and O–H groups in total. The van der Waals surface area contributed by atoms with Crippen LogP contribution in [0.15, 0.2) is 23.5 Å². The topological polar surface area (TPSA) is 49.6 Å². The van der Waals surface area contributed by atoms with Gasteiger partial charge in [0.15, 0.2) is 0 Å². The van der Waals surface area contributed by atoms with Gasteiger partial charge in [-0.15, -0.1) is 0 Å². The smallest absolute Gasteiger partial charge is 0.288 e. The average Bonchev–Trinajstić information content (AvgIpc) is 2.30. The van der Waals surface area contributed by atoms with Crippen LogP contribution in [0.25, 0.3) is 0 Å². The second kappa shape index (κ2) is 4.65. The van der Waals surface area contributed by atoms with Crippen LogP contribution in [0.1, 0.15) is 6.42 Å². The first-order valence-electron chi connectivity index (χ1n) is 5.50. The summed E-state index contributed by atoms with van der Waals surface area (Å²) in [4.78, 5) is 15.0. The minimum absolute atomic E-state index is 0.232. The van der Waals surface area contributed by atoms with Gasteiger partial charge < -0.3 is 9.80 Å². The lowest BCUT2D eigenvalue weighted by Crippen LogP contribution is -2.44. The van der Waals surface area contributed by atoms with Crippen LogP contribution in [0.5, 0.6) is 0 Å². The Morgan fingerprint density at radius 2 is 2.00 bits per heavy atom. The van der Waals surface area contributed by atoms with Gasteiger partial charge in [0.1, 0.15) is 5.70 Å². The molecule has 1 saturated heterocycles. The fourth-order valence-corrected chi connectivity index (χ4v) is 2.04. The maximum atomic E-state index is 10.9. The molecule has 2 aliphatic rings. The van der Waals surface area contributed by atoms with Crippen molar-refractivity contribution in [1.82, 2.24) is 9.80 Å². The summed E-state index contributed by atoms with van der Waals surface area (Å²) in [6.07, 6.45) is 6.19. The summed E-state index contributed by atoms with van der Waals surface area (Å²) in [5.41, 5.74) is 1.02. The summed E-state index contributed by atoms with van der Waals surface area (Å²) < 4.78 is 0. The normalized spacial score (nSPS) is 22.7. The number of likely N-dealkylation sites (N-methyl/N-ethyl adjacent to an activating group) is 1. The number of nitrogens with zero attached hydrogens (tertiary/aromatic N) is 3. The summed E-state index contributed by atoms with van der Waals surface area (Å²) in [7, 11) is 2.07. The Labute approximate surface area is 95.2 Å². The van der Waals surface area contributed by atoms with E-state index in [0.29, 0.717) is 0 Å². The van der Waals surface area contributed by atoms with Gasteiger partial charge in [-0.25, -0.2) is 0 Å². The lowest BCUT2D eigenvalue weighted by atomic mass is 10.1. The number of hydrogen-bond donors (Lipinski definition) is 0. The molecule has 5 heteroatoms. The number of piperazine rings is 1. The average molecular weight is 222 g/mol. The molecule has 87 valence electrons. The molecule has 1 aliphatic carbocycles. The van der Waals surface area contributed by atoms with Crippen LogP contribution in [0, 0.1) is 16.5 Å². The van der Waals surface area contributed by atoms with Crippen LogP contribution in [0.2, 0.25) is 0 Å². The molecular weight excluding hydrogens is 206 g/mol. The molecule has 0 aromatic carbocycles. The second-order valence-corrected chi connectivity index (χ2v) is 4.16. The van der Waals surface area contributed by atoms with Crippen molar-refractivity contribution in [2.24, 2.45) is 0 Å². The molecule has 1 fully saturated rings. The first-order chi connectivity index (χ1) is 7.68. The summed E-state index contributed by atoms with van der Waals surface area (Å²) in [6, 6.07) is 0. The van der Waals surface area contributed by atoms with E-state index in [-0.39, 0.29) is 10.6 Å². The predicted octanol–water partition coefficient (Wildman–Crippen LogP) is 0.886. The molecule has 0 amide bonds. The highest BCUT2D eigenvalue weighted by Crippen LogP contribution is 2.23. The van der Waals surface area contributed by atoms with Crippen LogP contribution >= 0.6 is 0 Å². The van der Waals surface area contributed by atoms with E-state index in [0.717, 1.165) is 38.3 Å². The number of hydrogen-bond acceptors (Lipinski definition) is 4. The molecule has 0 atom stereocenters. The van der Waals surface area contributed by atoms with Gasteiger partial charge in [0, 0.05) is 26.2 Å². The first kappa shape index (κ1) is 11.1. The third-order valence-corrected chi connectivity index (χ3v) is 3.03. The lowest BCUT2D eigenvalue weighted by molar-refractivity contribution is -0.423. The Bertz CT molecular complexity index is 341. The largest absolute Gasteiger partial charge is 0.364 e. The van der Waals surface area contributed by atoms with E-state index >= 15 is 0 Å². The molecule has 1 heterocycles. The molecule has 0 unspecified atom stereocenters. The van der Waals surface area contributed by atoms with Gasteiger partial charge >= 0.3 is 0 Å². The lowest BCUT2D eigenvalue weighted by Gasteiger charge is -2.35. The van der Waals surface area contributed by atoms with E-state index in [1.807, 2.05) is 12.5 Å². The molecule has 2 rings (SSSR count). The Morgan fingerprint density at radius 3 is 2.62 bits per heavy atom. The third-order valence-electron chi connectivity index (χ3n) is 3.03. The van der Waals surface area contributed by atoms with Crippen molar-refractivity contribution in [3.63, 3.8) is 0 Å². The van der Waals surface area contributed by atoms with E-state index < -0.39 is 0 Å². The van der Waals surface area contributed by atoms with Gasteiger partial charge in [-0.05, 0) is 26.0 Å². The number of nitro groups is 1. The molecule has 0 spiro atoms. The Hall–Kier alpha value is -1.36. The Balaban J connectivity index is 2.10. The Kier molecular flexibility index (Phi) is 3.24. The molecule has 0 saturated carbocycles. The molecule has 16 heavy (non-hydrogen) atoms. The van der Waals surface area contributed by atoms with Crippen LogP contribution in [0.4, 0.5) is 0 Å². The van der Waals surface area contributed by atoms with Gasteiger partial charge in [-0.1, -0.05) is 6.08 Å². The highest BCUT2D eigenvalue weighted by atomic mass is 16.6. The van der Waals surface area contributed by atoms with Crippen molar-refractivity contribution in [3.8, 4) is 0 Å². The van der Waals surface area contributed by atoms with E-state index in [1.54, 1.807) is 6.08 Å². The van der Waals surface area contributed by atoms with Crippen molar-refractivity contribution in [2.45, 2.75) is 6.42 Å². The molecule has 5 nitrogen and oxygen atoms in total. The molecule has 0 aromatic heterocycles. The van der Waals surface area contributed by atoms with Crippen LogP contribution < -0.4 is 0 Å². The SMILES string of the molecule is CN1CCN(C2=CC[CH]C=C2[N+](=O)[O-])CC1. The number of rotatable bonds is 2. The maximum Gasteiger partial charge on any atom is 0.288 e. The molecule has 1 aliphatic heterocycles. The maximum absolute atomic E-state index is 10.9. The van der Waals surface area contributed by atoms with Crippen LogP contribution in [-0.2, 0) is 0 Å². The fourth-order valence-electron chi connectivity index (χ4n) is 2.04. The third kappa shape index (κ3) is 2.24. The van der Waals surface area contributed by atoms with Crippen molar-refractivity contribution in [1.29, 1.82) is 0 Å². The molecule has 1 radical (unpaired) electrons. The van der Waals surface area contributed by atoms with Crippen molar-refractivity contribution >= 4 is 0 Å². The van der Waals surface area contributed by atoms with Crippen molar-refractivity contribution in [2.75, 3.05) is 33.2 Å².